The summed E-state index contributed by atoms with van der Waals surface area (Å²) in [7, 11) is 1.97. The number of nitrogens with one attached hydrogen (secondary N) is 1. The molecule has 18 heavy (non-hydrogen) atoms. The van der Waals surface area contributed by atoms with Gasteiger partial charge in [0.05, 0.1) is 4.47 Å². The summed E-state index contributed by atoms with van der Waals surface area (Å²) in [6.45, 7) is 2.54. The lowest BCUT2D eigenvalue weighted by Gasteiger charge is -2.37. The molecule has 4 heteroatoms. The van der Waals surface area contributed by atoms with Gasteiger partial charge in [0, 0.05) is 19.8 Å². The number of hydrogen-bond donors (Lipinski definition) is 1. The second kappa shape index (κ2) is 6.13. The highest BCUT2D eigenvalue weighted by Crippen LogP contribution is 2.36. The highest BCUT2D eigenvalue weighted by atomic mass is 79.9. The van der Waals surface area contributed by atoms with Gasteiger partial charge in [0.15, 0.2) is 0 Å². The normalized spacial score (nSPS) is 18.8. The van der Waals surface area contributed by atoms with Gasteiger partial charge in [0.25, 0.3) is 0 Å². The topological polar surface area (TPSA) is 21.3 Å². The Kier molecular flexibility index (Phi) is 4.76. The van der Waals surface area contributed by atoms with Crippen LogP contribution >= 0.6 is 15.9 Å². The van der Waals surface area contributed by atoms with E-state index in [-0.39, 0.29) is 11.2 Å². The fourth-order valence-corrected chi connectivity index (χ4v) is 3.09. The van der Waals surface area contributed by atoms with Crippen molar-refractivity contribution >= 4 is 15.9 Å². The van der Waals surface area contributed by atoms with E-state index in [1.54, 1.807) is 6.07 Å². The Morgan fingerprint density at radius 2 is 2.11 bits per heavy atom. The summed E-state index contributed by atoms with van der Waals surface area (Å²) in [6.07, 6.45) is 2.93. The largest absolute Gasteiger partial charge is 0.381 e. The van der Waals surface area contributed by atoms with Crippen molar-refractivity contribution in [3.05, 3.63) is 34.1 Å². The maximum Gasteiger partial charge on any atom is 0.137 e. The molecule has 1 N–H and O–H groups in total. The van der Waals surface area contributed by atoms with Gasteiger partial charge in [-0.05, 0) is 59.3 Å². The van der Waals surface area contributed by atoms with Crippen LogP contribution in [0.4, 0.5) is 4.39 Å². The van der Waals surface area contributed by atoms with E-state index >= 15 is 0 Å². The summed E-state index contributed by atoms with van der Waals surface area (Å²) in [5.74, 6) is -0.181. The Hall–Kier alpha value is -0.450. The first-order valence-electron chi connectivity index (χ1n) is 6.32. The Labute approximate surface area is 116 Å². The summed E-state index contributed by atoms with van der Waals surface area (Å²) in [6, 6.07) is 5.27. The van der Waals surface area contributed by atoms with Crippen molar-refractivity contribution in [1.29, 1.82) is 0 Å². The summed E-state index contributed by atoms with van der Waals surface area (Å²) in [5, 5.41) is 3.27. The van der Waals surface area contributed by atoms with Gasteiger partial charge >= 0.3 is 0 Å². The minimum atomic E-state index is -0.181. The van der Waals surface area contributed by atoms with Crippen LogP contribution in [0.15, 0.2) is 22.7 Å². The van der Waals surface area contributed by atoms with Crippen molar-refractivity contribution in [3.8, 4) is 0 Å². The van der Waals surface area contributed by atoms with Crippen molar-refractivity contribution in [3.63, 3.8) is 0 Å². The van der Waals surface area contributed by atoms with Gasteiger partial charge in [-0.2, -0.15) is 0 Å². The van der Waals surface area contributed by atoms with Crippen LogP contribution in [0.1, 0.15) is 18.4 Å². The molecule has 0 aromatic heterocycles. The molecule has 1 heterocycles. The van der Waals surface area contributed by atoms with Crippen LogP contribution in [-0.4, -0.2) is 26.8 Å². The first-order chi connectivity index (χ1) is 8.67. The predicted molar refractivity (Wildman–Crippen MR) is 74.2 cm³/mol. The van der Waals surface area contributed by atoms with E-state index in [2.05, 4.69) is 21.2 Å². The number of benzene rings is 1. The van der Waals surface area contributed by atoms with Crippen molar-refractivity contribution in [2.45, 2.75) is 19.3 Å². The monoisotopic (exact) mass is 315 g/mol. The number of hydrogen-bond acceptors (Lipinski definition) is 2. The average Bonchev–Trinajstić information content (AvgIpc) is 2.36. The van der Waals surface area contributed by atoms with Crippen molar-refractivity contribution in [2.75, 3.05) is 26.8 Å². The molecular formula is C14H19BrFNO. The molecule has 2 nitrogen and oxygen atoms in total. The van der Waals surface area contributed by atoms with Gasteiger partial charge in [0.2, 0.25) is 0 Å². The van der Waals surface area contributed by atoms with Crippen molar-refractivity contribution < 1.29 is 9.13 Å². The number of ether oxygens (including phenoxy) is 1. The molecule has 1 fully saturated rings. The van der Waals surface area contributed by atoms with Crippen LogP contribution in [0.25, 0.3) is 0 Å². The first-order valence-corrected chi connectivity index (χ1v) is 7.11. The molecule has 0 unspecified atom stereocenters. The predicted octanol–water partition coefficient (Wildman–Crippen LogP) is 3.15. The molecule has 0 radical (unpaired) electrons. The van der Waals surface area contributed by atoms with Gasteiger partial charge in [-0.25, -0.2) is 4.39 Å². The average molecular weight is 316 g/mol. The molecule has 0 amide bonds. The van der Waals surface area contributed by atoms with Gasteiger partial charge in [-0.15, -0.1) is 0 Å². The summed E-state index contributed by atoms with van der Waals surface area (Å²) >= 11 is 3.36. The third kappa shape index (κ3) is 3.11. The molecule has 1 aliphatic heterocycles. The molecule has 0 bridgehead atoms. The minimum Gasteiger partial charge on any atom is -0.381 e. The third-order valence-electron chi connectivity index (χ3n) is 3.70. The van der Waals surface area contributed by atoms with Crippen LogP contribution in [-0.2, 0) is 11.2 Å². The zero-order valence-corrected chi connectivity index (χ0v) is 12.2. The summed E-state index contributed by atoms with van der Waals surface area (Å²) < 4.78 is 19.6. The molecule has 0 saturated carbocycles. The SMILES string of the molecule is CNCC1(Cc2cccc(F)c2Br)CCOCC1. The van der Waals surface area contributed by atoms with Crippen molar-refractivity contribution in [1.82, 2.24) is 5.32 Å². The van der Waals surface area contributed by atoms with Crippen LogP contribution in [0, 0.1) is 11.2 Å². The van der Waals surface area contributed by atoms with E-state index in [1.165, 1.54) is 6.07 Å². The molecule has 1 aromatic rings. The standard InChI is InChI=1S/C14H19BrFNO/c1-17-10-14(5-7-18-8-6-14)9-11-3-2-4-12(16)13(11)15/h2-4,17H,5-10H2,1H3. The Bertz CT molecular complexity index is 399. The Morgan fingerprint density at radius 3 is 2.78 bits per heavy atom. The van der Waals surface area contributed by atoms with Crippen molar-refractivity contribution in [2.24, 2.45) is 5.41 Å². The third-order valence-corrected chi connectivity index (χ3v) is 4.59. The maximum atomic E-state index is 13.6. The quantitative estimate of drug-likeness (QED) is 0.921. The molecule has 100 valence electrons. The Balaban J connectivity index is 2.20. The van der Waals surface area contributed by atoms with E-state index in [1.807, 2.05) is 13.1 Å². The molecule has 1 saturated heterocycles. The van der Waals surface area contributed by atoms with Crippen LogP contribution in [0.2, 0.25) is 0 Å². The Morgan fingerprint density at radius 1 is 1.39 bits per heavy atom. The van der Waals surface area contributed by atoms with Gasteiger partial charge in [0.1, 0.15) is 5.82 Å². The zero-order chi connectivity index (χ0) is 13.0. The zero-order valence-electron chi connectivity index (χ0n) is 10.6. The van der Waals surface area contributed by atoms with Gasteiger partial charge in [-0.1, -0.05) is 12.1 Å². The second-order valence-electron chi connectivity index (χ2n) is 5.03. The van der Waals surface area contributed by atoms with Crippen LogP contribution < -0.4 is 5.32 Å². The highest BCUT2D eigenvalue weighted by Gasteiger charge is 2.32. The van der Waals surface area contributed by atoms with E-state index in [0.29, 0.717) is 4.47 Å². The van der Waals surface area contributed by atoms with E-state index in [0.717, 1.165) is 44.6 Å². The molecule has 0 spiro atoms. The van der Waals surface area contributed by atoms with Gasteiger partial charge in [-0.3, -0.25) is 0 Å². The summed E-state index contributed by atoms with van der Waals surface area (Å²) in [4.78, 5) is 0. The molecule has 1 aliphatic rings. The van der Waals surface area contributed by atoms with Crippen LogP contribution in [0.3, 0.4) is 0 Å². The van der Waals surface area contributed by atoms with E-state index < -0.39 is 0 Å². The van der Waals surface area contributed by atoms with Gasteiger partial charge < -0.3 is 10.1 Å². The van der Waals surface area contributed by atoms with Crippen LogP contribution in [0.5, 0.6) is 0 Å². The maximum absolute atomic E-state index is 13.6. The number of halogens is 2. The minimum absolute atomic E-state index is 0.181. The lowest BCUT2D eigenvalue weighted by atomic mass is 9.75. The lowest BCUT2D eigenvalue weighted by Crippen LogP contribution is -2.39. The number of rotatable bonds is 4. The van der Waals surface area contributed by atoms with E-state index in [4.69, 9.17) is 4.74 Å². The fraction of sp³-hybridized carbons (Fsp3) is 0.571. The molecule has 0 aliphatic carbocycles. The summed E-state index contributed by atoms with van der Waals surface area (Å²) in [5.41, 5.74) is 1.23. The molecular weight excluding hydrogens is 297 g/mol. The lowest BCUT2D eigenvalue weighted by molar-refractivity contribution is 0.0157. The smallest absolute Gasteiger partial charge is 0.137 e. The molecule has 2 rings (SSSR count). The molecule has 1 aromatic carbocycles. The second-order valence-corrected chi connectivity index (χ2v) is 5.83. The van der Waals surface area contributed by atoms with E-state index in [9.17, 15) is 4.39 Å². The highest BCUT2D eigenvalue weighted by molar-refractivity contribution is 9.10. The molecule has 0 atom stereocenters. The fourth-order valence-electron chi connectivity index (χ4n) is 2.68. The first kappa shape index (κ1) is 14.0.